The second kappa shape index (κ2) is 10.6. The van der Waals surface area contributed by atoms with E-state index in [-0.39, 0.29) is 17.2 Å². The van der Waals surface area contributed by atoms with Crippen LogP contribution in [0, 0.1) is 0 Å². The summed E-state index contributed by atoms with van der Waals surface area (Å²) in [5.41, 5.74) is 1.06. The summed E-state index contributed by atoms with van der Waals surface area (Å²) in [4.78, 5) is 0. The predicted molar refractivity (Wildman–Crippen MR) is 157 cm³/mol. The largest absolute Gasteiger partial charge is 0.398 e. The van der Waals surface area contributed by atoms with Crippen LogP contribution in [-0.2, 0) is 23.4 Å². The molecule has 0 spiro atoms. The lowest BCUT2D eigenvalue weighted by atomic mass is 9.97. The van der Waals surface area contributed by atoms with Crippen LogP contribution in [0.2, 0.25) is 5.04 Å². The average Bonchev–Trinajstić information content (AvgIpc) is 3.43. The zero-order valence-corrected chi connectivity index (χ0v) is 25.2. The van der Waals surface area contributed by atoms with Gasteiger partial charge >= 0.3 is 0 Å². The highest BCUT2D eigenvalue weighted by atomic mass is 28.4. The fourth-order valence-corrected chi connectivity index (χ4v) is 10.7. The molecular formula is C33H42O5Si. The standard InChI is InChI=1S/C33H42O5Si/c1-31(2,3)39(25-19-13-9-14-20-25,26-21-15-10-16-22-26)38-28(24-17-11-8-12-18-24)30-29(36-33(6,7)37-30)27-23-34-32(4,5)35-27/h8-22,27-30H,23H2,1-7H3/t27-,28-,29-,30-/m1/s1. The number of hydrogen-bond donors (Lipinski definition) is 0. The molecular weight excluding hydrogens is 504 g/mol. The third kappa shape index (κ3) is 5.64. The molecule has 2 saturated heterocycles. The van der Waals surface area contributed by atoms with E-state index in [4.69, 9.17) is 23.4 Å². The first kappa shape index (κ1) is 28.2. The molecule has 2 aliphatic heterocycles. The summed E-state index contributed by atoms with van der Waals surface area (Å²) >= 11 is 0. The third-order valence-corrected chi connectivity index (χ3v) is 12.7. The minimum atomic E-state index is -2.91. The van der Waals surface area contributed by atoms with Crippen molar-refractivity contribution in [3.8, 4) is 0 Å². The van der Waals surface area contributed by atoms with Gasteiger partial charge in [-0.25, -0.2) is 0 Å². The lowest BCUT2D eigenvalue weighted by molar-refractivity contribution is -0.175. The molecule has 0 radical (unpaired) electrons. The Balaban J connectivity index is 1.68. The number of ether oxygens (including phenoxy) is 4. The second-order valence-corrected chi connectivity index (χ2v) is 16.8. The van der Waals surface area contributed by atoms with E-state index in [0.29, 0.717) is 6.61 Å². The maximum atomic E-state index is 7.72. The van der Waals surface area contributed by atoms with E-state index in [1.807, 2.05) is 33.8 Å². The zero-order chi connectivity index (χ0) is 27.9. The monoisotopic (exact) mass is 546 g/mol. The Bertz CT molecular complexity index is 1180. The maximum absolute atomic E-state index is 7.72. The van der Waals surface area contributed by atoms with Crippen molar-refractivity contribution < 1.29 is 23.4 Å². The molecule has 0 aliphatic carbocycles. The Morgan fingerprint density at radius 1 is 0.718 bits per heavy atom. The van der Waals surface area contributed by atoms with Crippen LogP contribution in [-0.4, -0.2) is 44.8 Å². The molecule has 2 fully saturated rings. The summed E-state index contributed by atoms with van der Waals surface area (Å²) in [6.07, 6.45) is -1.46. The minimum absolute atomic E-state index is 0.192. The van der Waals surface area contributed by atoms with Crippen molar-refractivity contribution in [2.75, 3.05) is 6.61 Å². The van der Waals surface area contributed by atoms with Gasteiger partial charge in [-0.3, -0.25) is 0 Å². The lowest BCUT2D eigenvalue weighted by Gasteiger charge is -2.46. The first-order valence-corrected chi connectivity index (χ1v) is 15.8. The van der Waals surface area contributed by atoms with Gasteiger partial charge in [0, 0.05) is 0 Å². The molecule has 6 heteroatoms. The van der Waals surface area contributed by atoms with Crippen molar-refractivity contribution in [1.82, 2.24) is 0 Å². The quantitative estimate of drug-likeness (QED) is 0.342. The highest BCUT2D eigenvalue weighted by Gasteiger charge is 2.57. The predicted octanol–water partition coefficient (Wildman–Crippen LogP) is 5.98. The van der Waals surface area contributed by atoms with Crippen LogP contribution in [0.5, 0.6) is 0 Å². The summed E-state index contributed by atoms with van der Waals surface area (Å²) in [6, 6.07) is 31.9. The fraction of sp³-hybridized carbons (Fsp3) is 0.455. The number of rotatable bonds is 7. The fourth-order valence-electron chi connectivity index (χ4n) is 6.07. The Hall–Kier alpha value is -2.32. The van der Waals surface area contributed by atoms with Gasteiger partial charge in [0.2, 0.25) is 0 Å². The van der Waals surface area contributed by atoms with Crippen LogP contribution in [0.1, 0.15) is 60.1 Å². The van der Waals surface area contributed by atoms with Gasteiger partial charge in [-0.05, 0) is 48.7 Å². The average molecular weight is 547 g/mol. The van der Waals surface area contributed by atoms with Gasteiger partial charge in [0.05, 0.1) is 6.61 Å². The zero-order valence-electron chi connectivity index (χ0n) is 24.2. The molecule has 0 N–H and O–H groups in total. The summed E-state index contributed by atoms with van der Waals surface area (Å²) in [5, 5.41) is 2.25. The van der Waals surface area contributed by atoms with Gasteiger partial charge < -0.3 is 23.4 Å². The Morgan fingerprint density at radius 3 is 1.69 bits per heavy atom. The molecule has 0 amide bonds. The number of benzene rings is 3. The molecule has 5 nitrogen and oxygen atoms in total. The molecule has 0 saturated carbocycles. The summed E-state index contributed by atoms with van der Waals surface area (Å²) in [5.74, 6) is -1.47. The normalized spacial score (nSPS) is 25.5. The molecule has 5 rings (SSSR count). The van der Waals surface area contributed by atoms with E-state index in [1.165, 1.54) is 10.4 Å². The van der Waals surface area contributed by atoms with E-state index in [1.54, 1.807) is 0 Å². The van der Waals surface area contributed by atoms with Crippen molar-refractivity contribution in [3.63, 3.8) is 0 Å². The molecule has 208 valence electrons. The molecule has 0 unspecified atom stereocenters. The van der Waals surface area contributed by atoms with E-state index in [2.05, 4.69) is 106 Å². The first-order valence-electron chi connectivity index (χ1n) is 13.9. The molecule has 3 aromatic carbocycles. The van der Waals surface area contributed by atoms with Crippen LogP contribution in [0.25, 0.3) is 0 Å². The van der Waals surface area contributed by atoms with Crippen molar-refractivity contribution in [1.29, 1.82) is 0 Å². The summed E-state index contributed by atoms with van der Waals surface area (Å²) < 4.78 is 33.3. The van der Waals surface area contributed by atoms with Crippen molar-refractivity contribution >= 4 is 18.7 Å². The molecule has 4 atom stereocenters. The second-order valence-electron chi connectivity index (χ2n) is 12.5. The highest BCUT2D eigenvalue weighted by Crippen LogP contribution is 2.46. The van der Waals surface area contributed by atoms with Crippen molar-refractivity contribution in [2.45, 2.75) is 89.5 Å². The van der Waals surface area contributed by atoms with Gasteiger partial charge in [-0.2, -0.15) is 0 Å². The first-order chi connectivity index (χ1) is 18.4. The molecule has 0 bridgehead atoms. The molecule has 2 aliphatic rings. The summed E-state index contributed by atoms with van der Waals surface area (Å²) in [7, 11) is -2.91. The van der Waals surface area contributed by atoms with Gasteiger partial charge in [-0.1, -0.05) is 112 Å². The third-order valence-electron chi connectivity index (χ3n) is 7.71. The van der Waals surface area contributed by atoms with Crippen LogP contribution < -0.4 is 10.4 Å². The maximum Gasteiger partial charge on any atom is 0.262 e. The molecule has 3 aromatic rings. The van der Waals surface area contributed by atoms with E-state index < -0.39 is 32.1 Å². The Morgan fingerprint density at radius 2 is 1.23 bits per heavy atom. The van der Waals surface area contributed by atoms with Crippen LogP contribution >= 0.6 is 0 Å². The smallest absolute Gasteiger partial charge is 0.262 e. The Kier molecular flexibility index (Phi) is 7.65. The van der Waals surface area contributed by atoms with Gasteiger partial charge in [0.25, 0.3) is 8.32 Å². The SMILES string of the molecule is CC1(C)O[C@H]([C@H](O[Si](c2ccccc2)(c2ccccc2)C(C)(C)C)c2ccccc2)[C@@H]([C@H]2COC(C)(C)O2)O1. The number of hydrogen-bond acceptors (Lipinski definition) is 5. The molecule has 2 heterocycles. The van der Waals surface area contributed by atoms with Gasteiger partial charge in [-0.15, -0.1) is 0 Å². The van der Waals surface area contributed by atoms with Crippen LogP contribution in [0.15, 0.2) is 91.0 Å². The van der Waals surface area contributed by atoms with Crippen molar-refractivity contribution in [3.05, 3.63) is 96.6 Å². The van der Waals surface area contributed by atoms with Gasteiger partial charge in [0.1, 0.15) is 24.4 Å². The van der Waals surface area contributed by atoms with Crippen LogP contribution in [0.3, 0.4) is 0 Å². The summed E-state index contributed by atoms with van der Waals surface area (Å²) in [6.45, 7) is 15.1. The highest BCUT2D eigenvalue weighted by molar-refractivity contribution is 6.99. The van der Waals surface area contributed by atoms with E-state index >= 15 is 0 Å². The minimum Gasteiger partial charge on any atom is -0.398 e. The van der Waals surface area contributed by atoms with Crippen LogP contribution in [0.4, 0.5) is 0 Å². The molecule has 39 heavy (non-hydrogen) atoms. The molecule has 0 aromatic heterocycles. The van der Waals surface area contributed by atoms with Crippen molar-refractivity contribution in [2.24, 2.45) is 0 Å². The van der Waals surface area contributed by atoms with E-state index in [9.17, 15) is 0 Å². The topological polar surface area (TPSA) is 46.2 Å². The Labute approximate surface area is 234 Å². The van der Waals surface area contributed by atoms with Gasteiger partial charge in [0.15, 0.2) is 11.6 Å². The van der Waals surface area contributed by atoms with E-state index in [0.717, 1.165) is 5.56 Å². The lowest BCUT2D eigenvalue weighted by Crippen LogP contribution is -2.67.